The molecular formula is C24H33N3O2S. The third kappa shape index (κ3) is 6.96. The first-order valence-electron chi connectivity index (χ1n) is 10.7. The summed E-state index contributed by atoms with van der Waals surface area (Å²) in [6, 6.07) is 18.6. The molecule has 6 heteroatoms. The van der Waals surface area contributed by atoms with Crippen molar-refractivity contribution in [2.45, 2.75) is 31.6 Å². The van der Waals surface area contributed by atoms with Gasteiger partial charge < -0.3 is 15.4 Å². The Morgan fingerprint density at radius 3 is 2.63 bits per heavy atom. The normalized spacial score (nSPS) is 20.5. The van der Waals surface area contributed by atoms with Gasteiger partial charge in [-0.15, -0.1) is 0 Å². The van der Waals surface area contributed by atoms with E-state index in [1.165, 1.54) is 11.1 Å². The van der Waals surface area contributed by atoms with Crippen molar-refractivity contribution in [1.29, 1.82) is 0 Å². The van der Waals surface area contributed by atoms with Gasteiger partial charge in [0.15, 0.2) is 5.96 Å². The summed E-state index contributed by atoms with van der Waals surface area (Å²) in [5.41, 5.74) is 3.61. The van der Waals surface area contributed by atoms with Gasteiger partial charge in [0.25, 0.3) is 0 Å². The van der Waals surface area contributed by atoms with Crippen molar-refractivity contribution in [3.63, 3.8) is 0 Å². The monoisotopic (exact) mass is 427 g/mol. The van der Waals surface area contributed by atoms with Gasteiger partial charge in [-0.1, -0.05) is 60.2 Å². The van der Waals surface area contributed by atoms with Crippen LogP contribution in [0.1, 0.15) is 35.6 Å². The quantitative estimate of drug-likeness (QED) is 0.499. The number of benzene rings is 2. The minimum atomic E-state index is -0.896. The van der Waals surface area contributed by atoms with E-state index in [9.17, 15) is 4.21 Å². The summed E-state index contributed by atoms with van der Waals surface area (Å²) in [4.78, 5) is 4.32. The first kappa shape index (κ1) is 22.5. The molecule has 0 amide bonds. The van der Waals surface area contributed by atoms with E-state index in [1.807, 2.05) is 30.3 Å². The highest BCUT2D eigenvalue weighted by molar-refractivity contribution is 7.84. The molecule has 1 saturated heterocycles. The molecule has 30 heavy (non-hydrogen) atoms. The second kappa shape index (κ2) is 11.9. The number of guanidine groups is 1. The first-order valence-corrected chi connectivity index (χ1v) is 12.2. The second-order valence-corrected chi connectivity index (χ2v) is 9.33. The van der Waals surface area contributed by atoms with E-state index < -0.39 is 10.8 Å². The maximum absolute atomic E-state index is 12.3. The van der Waals surface area contributed by atoms with E-state index in [-0.39, 0.29) is 6.10 Å². The Morgan fingerprint density at radius 2 is 1.90 bits per heavy atom. The lowest BCUT2D eigenvalue weighted by molar-refractivity contribution is -0.0265. The summed E-state index contributed by atoms with van der Waals surface area (Å²) in [6.45, 7) is 4.34. The van der Waals surface area contributed by atoms with Crippen LogP contribution in [-0.2, 0) is 21.3 Å². The molecule has 0 bridgehead atoms. The van der Waals surface area contributed by atoms with E-state index >= 15 is 0 Å². The van der Waals surface area contributed by atoms with Crippen molar-refractivity contribution in [3.8, 4) is 0 Å². The smallest absolute Gasteiger partial charge is 0.191 e. The number of aryl methyl sites for hydroxylation is 1. The van der Waals surface area contributed by atoms with Gasteiger partial charge in [0.1, 0.15) is 0 Å². The number of nitrogens with one attached hydrogen (secondary N) is 2. The lowest BCUT2D eigenvalue weighted by atomic mass is 9.89. The van der Waals surface area contributed by atoms with E-state index in [0.29, 0.717) is 24.0 Å². The van der Waals surface area contributed by atoms with Crippen LogP contribution in [0.5, 0.6) is 0 Å². The van der Waals surface area contributed by atoms with Gasteiger partial charge in [-0.05, 0) is 30.9 Å². The van der Waals surface area contributed by atoms with Crippen LogP contribution in [0.2, 0.25) is 0 Å². The zero-order valence-corrected chi connectivity index (χ0v) is 18.8. The molecular weight excluding hydrogens is 394 g/mol. The van der Waals surface area contributed by atoms with Crippen molar-refractivity contribution in [3.05, 3.63) is 71.3 Å². The molecule has 1 heterocycles. The predicted molar refractivity (Wildman–Crippen MR) is 125 cm³/mol. The number of aliphatic imine (C=N–C) groups is 1. The van der Waals surface area contributed by atoms with E-state index in [1.54, 1.807) is 7.05 Å². The third-order valence-corrected chi connectivity index (χ3v) is 6.71. The van der Waals surface area contributed by atoms with Gasteiger partial charge in [0.05, 0.1) is 6.10 Å². The third-order valence-electron chi connectivity index (χ3n) is 5.40. The van der Waals surface area contributed by atoms with Crippen LogP contribution in [0.15, 0.2) is 59.6 Å². The van der Waals surface area contributed by atoms with Gasteiger partial charge in [-0.25, -0.2) is 0 Å². The average molecular weight is 428 g/mol. The number of ether oxygens (including phenoxy) is 1. The van der Waals surface area contributed by atoms with Crippen molar-refractivity contribution in [1.82, 2.24) is 10.6 Å². The molecule has 2 aromatic carbocycles. The van der Waals surface area contributed by atoms with Crippen molar-refractivity contribution in [2.24, 2.45) is 10.9 Å². The standard InChI is InChI=1S/C24H33N3O2S/c1-19-10-12-21(13-11-19)23-22(9-6-15-29-23)17-27-24(25-2)26-14-16-30(28)18-20-7-4-3-5-8-20/h3-5,7-8,10-13,22-23H,6,9,14-18H2,1-2H3,(H2,25,26,27). The SMILES string of the molecule is CN=C(NCCS(=O)Cc1ccccc1)NCC1CCCOC1c1ccc(C)cc1. The minimum Gasteiger partial charge on any atom is -0.373 e. The molecule has 0 aromatic heterocycles. The van der Waals surface area contributed by atoms with Crippen LogP contribution in [0.3, 0.4) is 0 Å². The molecule has 3 unspecified atom stereocenters. The van der Waals surface area contributed by atoms with Crippen molar-refractivity contribution >= 4 is 16.8 Å². The van der Waals surface area contributed by atoms with Crippen LogP contribution < -0.4 is 10.6 Å². The number of hydrogen-bond acceptors (Lipinski definition) is 3. The largest absolute Gasteiger partial charge is 0.373 e. The zero-order valence-electron chi connectivity index (χ0n) is 18.0. The molecule has 1 fully saturated rings. The molecule has 0 spiro atoms. The first-order chi connectivity index (χ1) is 14.7. The Bertz CT molecular complexity index is 824. The topological polar surface area (TPSA) is 62.7 Å². The summed E-state index contributed by atoms with van der Waals surface area (Å²) in [7, 11) is 0.873. The van der Waals surface area contributed by atoms with Crippen LogP contribution >= 0.6 is 0 Å². The van der Waals surface area contributed by atoms with Crippen LogP contribution in [0.4, 0.5) is 0 Å². The fraction of sp³-hybridized carbons (Fsp3) is 0.458. The molecule has 0 radical (unpaired) electrons. The van der Waals surface area contributed by atoms with Crippen molar-refractivity contribution < 1.29 is 8.95 Å². The maximum Gasteiger partial charge on any atom is 0.191 e. The molecule has 5 nitrogen and oxygen atoms in total. The number of nitrogens with zero attached hydrogens (tertiary/aromatic N) is 1. The summed E-state index contributed by atoms with van der Waals surface area (Å²) in [6.07, 6.45) is 2.33. The molecule has 3 rings (SSSR count). The fourth-order valence-electron chi connectivity index (χ4n) is 3.74. The molecule has 0 aliphatic carbocycles. The van der Waals surface area contributed by atoms with Gasteiger partial charge in [-0.2, -0.15) is 0 Å². The van der Waals surface area contributed by atoms with Crippen molar-refractivity contribution in [2.75, 3.05) is 32.5 Å². The van der Waals surface area contributed by atoms with Crippen LogP contribution in [-0.4, -0.2) is 42.7 Å². The lowest BCUT2D eigenvalue weighted by Crippen LogP contribution is -2.43. The Hall–Kier alpha value is -2.18. The van der Waals surface area contributed by atoms with E-state index in [2.05, 4.69) is 46.8 Å². The fourth-order valence-corrected chi connectivity index (χ4v) is 4.78. The van der Waals surface area contributed by atoms with Crippen LogP contribution in [0, 0.1) is 12.8 Å². The molecule has 1 aliphatic rings. The van der Waals surface area contributed by atoms with E-state index in [4.69, 9.17) is 4.74 Å². The summed E-state index contributed by atoms with van der Waals surface area (Å²) < 4.78 is 18.4. The minimum absolute atomic E-state index is 0.114. The molecule has 0 saturated carbocycles. The Kier molecular flexibility index (Phi) is 8.90. The maximum atomic E-state index is 12.3. The molecule has 1 aliphatic heterocycles. The molecule has 2 aromatic rings. The Morgan fingerprint density at radius 1 is 1.13 bits per heavy atom. The molecule has 162 valence electrons. The van der Waals surface area contributed by atoms with Gasteiger partial charge in [0.2, 0.25) is 0 Å². The average Bonchev–Trinajstić information content (AvgIpc) is 2.77. The second-order valence-electron chi connectivity index (χ2n) is 7.76. The Balaban J connectivity index is 1.44. The van der Waals surface area contributed by atoms with Gasteiger partial charge >= 0.3 is 0 Å². The molecule has 2 N–H and O–H groups in total. The highest BCUT2D eigenvalue weighted by Crippen LogP contribution is 2.33. The summed E-state index contributed by atoms with van der Waals surface area (Å²) >= 11 is 0. The summed E-state index contributed by atoms with van der Waals surface area (Å²) in [5, 5.41) is 6.73. The highest BCUT2D eigenvalue weighted by Gasteiger charge is 2.27. The number of hydrogen-bond donors (Lipinski definition) is 2. The highest BCUT2D eigenvalue weighted by atomic mass is 32.2. The Labute approximate surface area is 182 Å². The van der Waals surface area contributed by atoms with E-state index in [0.717, 1.165) is 37.5 Å². The summed E-state index contributed by atoms with van der Waals surface area (Å²) in [5.74, 6) is 2.33. The zero-order chi connectivity index (χ0) is 21.2. The van der Waals surface area contributed by atoms with Gasteiger partial charge in [-0.3, -0.25) is 9.20 Å². The molecule has 3 atom stereocenters. The van der Waals surface area contributed by atoms with Gasteiger partial charge in [0, 0.05) is 55.0 Å². The predicted octanol–water partition coefficient (Wildman–Crippen LogP) is 3.58. The van der Waals surface area contributed by atoms with Crippen LogP contribution in [0.25, 0.3) is 0 Å². The lowest BCUT2D eigenvalue weighted by Gasteiger charge is -2.32. The number of rotatable bonds is 8.